The first-order chi connectivity index (χ1) is 13.1. The molecule has 4 rings (SSSR count). The normalized spacial score (nSPS) is 19.8. The van der Waals surface area contributed by atoms with Crippen LogP contribution >= 0.6 is 0 Å². The van der Waals surface area contributed by atoms with Gasteiger partial charge in [-0.3, -0.25) is 24.3 Å². The van der Waals surface area contributed by atoms with Crippen LogP contribution in [0, 0.1) is 0 Å². The molecule has 1 aromatic heterocycles. The Bertz CT molecular complexity index is 865. The predicted molar refractivity (Wildman–Crippen MR) is 103 cm³/mol. The maximum absolute atomic E-state index is 13.3. The summed E-state index contributed by atoms with van der Waals surface area (Å²) >= 11 is 0. The van der Waals surface area contributed by atoms with E-state index >= 15 is 0 Å². The number of aromatic nitrogens is 1. The molecule has 0 spiro atoms. The Labute approximate surface area is 163 Å². The third kappa shape index (κ3) is 3.18. The molecule has 0 radical (unpaired) electrons. The largest absolute Gasteiger partial charge is 0.412 e. The molecule has 0 saturated carbocycles. The van der Waals surface area contributed by atoms with Crippen LogP contribution in [0.2, 0.25) is 0 Å². The lowest BCUT2D eigenvalue weighted by Crippen LogP contribution is -2.51. The maximum Gasteiger partial charge on any atom is 0.262 e. The molecule has 0 aliphatic carbocycles. The number of nitrogens with zero attached hydrogens (tertiary/aromatic N) is 3. The van der Waals surface area contributed by atoms with Crippen LogP contribution in [0.4, 0.5) is 0 Å². The van der Waals surface area contributed by atoms with Crippen molar-refractivity contribution < 1.29 is 19.9 Å². The molecule has 2 aliphatic rings. The Kier molecular flexibility index (Phi) is 5.56. The third-order valence-electron chi connectivity index (χ3n) is 5.43. The third-order valence-corrected chi connectivity index (χ3v) is 5.43. The standard InChI is InChI=1S/C21H21N3O3.H2O/c1-14(24-20(26)16-8-2-3-9-17(16)21(24)27)19(25)23-12-5-4-10-18(23)15-7-6-11-22-13-15;/h2-3,6-9,11,13-14,18H,4-5,10,12H2,1H3;1H2. The first kappa shape index (κ1) is 19.7. The Morgan fingerprint density at radius 1 is 1.07 bits per heavy atom. The molecule has 1 fully saturated rings. The predicted octanol–water partition coefficient (Wildman–Crippen LogP) is 2.00. The Morgan fingerprint density at radius 2 is 1.75 bits per heavy atom. The number of fused-ring (bicyclic) bond motifs is 1. The highest BCUT2D eigenvalue weighted by Crippen LogP contribution is 2.32. The summed E-state index contributed by atoms with van der Waals surface area (Å²) in [5, 5.41) is 0. The average Bonchev–Trinajstić information content (AvgIpc) is 2.98. The van der Waals surface area contributed by atoms with E-state index in [1.807, 2.05) is 12.1 Å². The van der Waals surface area contributed by atoms with E-state index in [1.165, 1.54) is 0 Å². The van der Waals surface area contributed by atoms with Crippen LogP contribution in [0.5, 0.6) is 0 Å². The summed E-state index contributed by atoms with van der Waals surface area (Å²) in [6.45, 7) is 2.25. The second-order valence-corrected chi connectivity index (χ2v) is 7.03. The fourth-order valence-corrected chi connectivity index (χ4v) is 4.03. The number of rotatable bonds is 3. The molecular weight excluding hydrogens is 358 g/mol. The van der Waals surface area contributed by atoms with Crippen molar-refractivity contribution in [1.82, 2.24) is 14.8 Å². The van der Waals surface area contributed by atoms with Crippen LogP contribution < -0.4 is 0 Å². The molecule has 2 aromatic rings. The zero-order chi connectivity index (χ0) is 19.0. The number of carbonyl (C=O) groups is 3. The highest BCUT2D eigenvalue weighted by molar-refractivity contribution is 6.22. The summed E-state index contributed by atoms with van der Waals surface area (Å²) in [5.41, 5.74) is 1.72. The second kappa shape index (κ2) is 7.90. The minimum absolute atomic E-state index is 0. The molecule has 1 saturated heterocycles. The van der Waals surface area contributed by atoms with Crippen LogP contribution in [-0.2, 0) is 4.79 Å². The number of piperidine rings is 1. The van der Waals surface area contributed by atoms with Gasteiger partial charge in [-0.05, 0) is 49.9 Å². The summed E-state index contributed by atoms with van der Waals surface area (Å²) in [6, 6.07) is 9.63. The van der Waals surface area contributed by atoms with E-state index in [0.29, 0.717) is 17.7 Å². The van der Waals surface area contributed by atoms with E-state index in [-0.39, 0.29) is 17.4 Å². The molecule has 0 bridgehead atoms. The van der Waals surface area contributed by atoms with Crippen LogP contribution in [-0.4, -0.2) is 50.6 Å². The maximum atomic E-state index is 13.3. The lowest BCUT2D eigenvalue weighted by atomic mass is 9.95. The van der Waals surface area contributed by atoms with E-state index in [2.05, 4.69) is 4.98 Å². The molecule has 7 heteroatoms. The van der Waals surface area contributed by atoms with Crippen molar-refractivity contribution >= 4 is 17.7 Å². The van der Waals surface area contributed by atoms with Crippen molar-refractivity contribution in [3.63, 3.8) is 0 Å². The molecule has 2 aliphatic heterocycles. The summed E-state index contributed by atoms with van der Waals surface area (Å²) in [4.78, 5) is 45.8. The van der Waals surface area contributed by atoms with Crippen LogP contribution in [0.25, 0.3) is 0 Å². The summed E-state index contributed by atoms with van der Waals surface area (Å²) in [5.74, 6) is -0.990. The van der Waals surface area contributed by atoms with Gasteiger partial charge in [0.2, 0.25) is 5.91 Å². The molecule has 146 valence electrons. The topological polar surface area (TPSA) is 102 Å². The van der Waals surface area contributed by atoms with Gasteiger partial charge in [0.1, 0.15) is 6.04 Å². The van der Waals surface area contributed by atoms with Gasteiger partial charge < -0.3 is 10.4 Å². The Hall–Kier alpha value is -3.06. The zero-order valence-corrected chi connectivity index (χ0v) is 15.7. The van der Waals surface area contributed by atoms with Gasteiger partial charge in [-0.15, -0.1) is 0 Å². The molecule has 2 atom stereocenters. The number of benzene rings is 1. The molecule has 7 nitrogen and oxygen atoms in total. The van der Waals surface area contributed by atoms with Gasteiger partial charge >= 0.3 is 0 Å². The van der Waals surface area contributed by atoms with E-state index < -0.39 is 17.9 Å². The monoisotopic (exact) mass is 381 g/mol. The number of hydrogen-bond donors (Lipinski definition) is 0. The quantitative estimate of drug-likeness (QED) is 0.759. The first-order valence-corrected chi connectivity index (χ1v) is 9.27. The van der Waals surface area contributed by atoms with Crippen LogP contribution in [0.15, 0.2) is 48.8 Å². The van der Waals surface area contributed by atoms with Gasteiger partial charge in [0, 0.05) is 18.9 Å². The van der Waals surface area contributed by atoms with Crippen molar-refractivity contribution in [3.05, 3.63) is 65.5 Å². The number of pyridine rings is 1. The van der Waals surface area contributed by atoms with Gasteiger partial charge in [0.05, 0.1) is 17.2 Å². The summed E-state index contributed by atoms with van der Waals surface area (Å²) in [6.07, 6.45) is 6.29. The van der Waals surface area contributed by atoms with Crippen molar-refractivity contribution in [2.24, 2.45) is 0 Å². The van der Waals surface area contributed by atoms with Crippen molar-refractivity contribution in [2.75, 3.05) is 6.54 Å². The fourth-order valence-electron chi connectivity index (χ4n) is 4.03. The Morgan fingerprint density at radius 3 is 2.36 bits per heavy atom. The van der Waals surface area contributed by atoms with Gasteiger partial charge in [-0.2, -0.15) is 0 Å². The highest BCUT2D eigenvalue weighted by Gasteiger charge is 2.43. The molecule has 1 aromatic carbocycles. The summed E-state index contributed by atoms with van der Waals surface area (Å²) in [7, 11) is 0. The van der Waals surface area contributed by atoms with Crippen LogP contribution in [0.3, 0.4) is 0 Å². The van der Waals surface area contributed by atoms with E-state index in [1.54, 1.807) is 48.5 Å². The lowest BCUT2D eigenvalue weighted by Gasteiger charge is -2.38. The number of amides is 3. The number of carbonyl (C=O) groups excluding carboxylic acids is 3. The molecule has 3 heterocycles. The van der Waals surface area contributed by atoms with Gasteiger partial charge in [-0.25, -0.2) is 0 Å². The van der Waals surface area contributed by atoms with E-state index in [9.17, 15) is 14.4 Å². The van der Waals surface area contributed by atoms with E-state index in [0.717, 1.165) is 29.7 Å². The SMILES string of the molecule is CC(C(=O)N1CCCCC1c1cccnc1)N1C(=O)c2ccccc2C1=O.O. The fraction of sp³-hybridized carbons (Fsp3) is 0.333. The number of imide groups is 1. The number of likely N-dealkylation sites (tertiary alicyclic amines) is 1. The Balaban J connectivity index is 0.00000225. The minimum Gasteiger partial charge on any atom is -0.412 e. The molecular formula is C21H23N3O4. The highest BCUT2D eigenvalue weighted by atomic mass is 16.2. The average molecular weight is 381 g/mol. The van der Waals surface area contributed by atoms with Crippen molar-refractivity contribution in [3.8, 4) is 0 Å². The van der Waals surface area contributed by atoms with E-state index in [4.69, 9.17) is 0 Å². The lowest BCUT2D eigenvalue weighted by molar-refractivity contribution is -0.138. The smallest absolute Gasteiger partial charge is 0.262 e. The van der Waals surface area contributed by atoms with Crippen LogP contribution in [0.1, 0.15) is 58.5 Å². The molecule has 2 N–H and O–H groups in total. The van der Waals surface area contributed by atoms with Crippen molar-refractivity contribution in [1.29, 1.82) is 0 Å². The van der Waals surface area contributed by atoms with Gasteiger partial charge in [0.25, 0.3) is 11.8 Å². The van der Waals surface area contributed by atoms with Gasteiger partial charge in [-0.1, -0.05) is 18.2 Å². The minimum atomic E-state index is -0.838. The summed E-state index contributed by atoms with van der Waals surface area (Å²) < 4.78 is 0. The molecule has 28 heavy (non-hydrogen) atoms. The van der Waals surface area contributed by atoms with Gasteiger partial charge in [0.15, 0.2) is 0 Å². The molecule has 3 amide bonds. The molecule has 2 unspecified atom stereocenters. The zero-order valence-electron chi connectivity index (χ0n) is 15.7. The second-order valence-electron chi connectivity index (χ2n) is 7.03. The van der Waals surface area contributed by atoms with Crippen molar-refractivity contribution in [2.45, 2.75) is 38.3 Å². The number of hydrogen-bond acceptors (Lipinski definition) is 4. The first-order valence-electron chi connectivity index (χ1n) is 9.27.